The van der Waals surface area contributed by atoms with Crippen molar-refractivity contribution in [2.24, 2.45) is 5.41 Å². The van der Waals surface area contributed by atoms with Crippen LogP contribution in [0.25, 0.3) is 0 Å². The van der Waals surface area contributed by atoms with E-state index in [4.69, 9.17) is 5.73 Å². The van der Waals surface area contributed by atoms with Gasteiger partial charge in [0.1, 0.15) is 5.82 Å². The SMILES string of the molecule is Nc1c(F)cc(F)cc1NCC1(CO)CCCC1. The normalized spacial score (nSPS) is 17.9. The van der Waals surface area contributed by atoms with Crippen molar-refractivity contribution in [3.05, 3.63) is 23.8 Å². The lowest BCUT2D eigenvalue weighted by Gasteiger charge is -2.27. The minimum atomic E-state index is -0.762. The van der Waals surface area contributed by atoms with E-state index in [0.717, 1.165) is 31.7 Å². The molecule has 1 aliphatic carbocycles. The average molecular weight is 256 g/mol. The Morgan fingerprint density at radius 2 is 1.94 bits per heavy atom. The summed E-state index contributed by atoms with van der Waals surface area (Å²) in [5, 5.41) is 12.4. The fourth-order valence-electron chi connectivity index (χ4n) is 2.53. The van der Waals surface area contributed by atoms with E-state index >= 15 is 0 Å². The van der Waals surface area contributed by atoms with Crippen molar-refractivity contribution in [1.29, 1.82) is 0 Å². The molecule has 1 aromatic carbocycles. The smallest absolute Gasteiger partial charge is 0.151 e. The number of nitrogens with one attached hydrogen (secondary N) is 1. The van der Waals surface area contributed by atoms with E-state index < -0.39 is 11.6 Å². The Labute approximate surface area is 105 Å². The van der Waals surface area contributed by atoms with Crippen molar-refractivity contribution in [3.63, 3.8) is 0 Å². The Hall–Kier alpha value is -1.36. The van der Waals surface area contributed by atoms with Crippen molar-refractivity contribution in [1.82, 2.24) is 0 Å². The number of nitrogens with two attached hydrogens (primary N) is 1. The lowest BCUT2D eigenvalue weighted by atomic mass is 9.87. The molecule has 1 aliphatic rings. The molecule has 0 heterocycles. The molecular formula is C13H18F2N2O. The number of benzene rings is 1. The van der Waals surface area contributed by atoms with Gasteiger partial charge in [0.25, 0.3) is 0 Å². The molecule has 0 unspecified atom stereocenters. The summed E-state index contributed by atoms with van der Waals surface area (Å²) < 4.78 is 26.4. The zero-order valence-electron chi connectivity index (χ0n) is 10.2. The lowest BCUT2D eigenvalue weighted by Crippen LogP contribution is -2.30. The van der Waals surface area contributed by atoms with Gasteiger partial charge in [0.15, 0.2) is 5.82 Å². The fourth-order valence-corrected chi connectivity index (χ4v) is 2.53. The largest absolute Gasteiger partial charge is 0.396 e. The van der Waals surface area contributed by atoms with E-state index in [-0.39, 0.29) is 23.4 Å². The lowest BCUT2D eigenvalue weighted by molar-refractivity contribution is 0.142. The molecule has 18 heavy (non-hydrogen) atoms. The molecular weight excluding hydrogens is 238 g/mol. The first-order valence-corrected chi connectivity index (χ1v) is 6.16. The molecule has 1 aromatic rings. The van der Waals surface area contributed by atoms with E-state index in [2.05, 4.69) is 5.32 Å². The number of aliphatic hydroxyl groups excluding tert-OH is 1. The summed E-state index contributed by atoms with van der Waals surface area (Å²) >= 11 is 0. The highest BCUT2D eigenvalue weighted by atomic mass is 19.1. The predicted octanol–water partition coefficient (Wildman–Crippen LogP) is 2.51. The number of anilines is 2. The van der Waals surface area contributed by atoms with Gasteiger partial charge in [-0.05, 0) is 18.9 Å². The van der Waals surface area contributed by atoms with Crippen molar-refractivity contribution in [2.45, 2.75) is 25.7 Å². The number of hydrogen-bond acceptors (Lipinski definition) is 3. The summed E-state index contributed by atoms with van der Waals surface area (Å²) in [6, 6.07) is 1.94. The Balaban J connectivity index is 2.10. The summed E-state index contributed by atoms with van der Waals surface area (Å²) in [7, 11) is 0. The first-order valence-electron chi connectivity index (χ1n) is 6.16. The molecule has 1 fully saturated rings. The number of hydrogen-bond donors (Lipinski definition) is 3. The highest BCUT2D eigenvalue weighted by molar-refractivity contribution is 5.66. The third-order valence-electron chi connectivity index (χ3n) is 3.75. The quantitative estimate of drug-likeness (QED) is 0.725. The number of rotatable bonds is 4. The van der Waals surface area contributed by atoms with E-state index in [1.54, 1.807) is 0 Å². The van der Waals surface area contributed by atoms with Crippen LogP contribution in [0.3, 0.4) is 0 Å². The summed E-state index contributed by atoms with van der Waals surface area (Å²) in [6.07, 6.45) is 4.01. The zero-order chi connectivity index (χ0) is 13.2. The molecule has 0 aromatic heterocycles. The third-order valence-corrected chi connectivity index (χ3v) is 3.75. The van der Waals surface area contributed by atoms with Crippen LogP contribution in [-0.2, 0) is 0 Å². The van der Waals surface area contributed by atoms with Crippen LogP contribution < -0.4 is 11.1 Å². The van der Waals surface area contributed by atoms with Gasteiger partial charge >= 0.3 is 0 Å². The summed E-state index contributed by atoms with van der Waals surface area (Å²) in [6.45, 7) is 0.564. The molecule has 0 bridgehead atoms. The van der Waals surface area contributed by atoms with Crippen molar-refractivity contribution in [3.8, 4) is 0 Å². The van der Waals surface area contributed by atoms with Crippen LogP contribution in [-0.4, -0.2) is 18.3 Å². The molecule has 0 radical (unpaired) electrons. The minimum absolute atomic E-state index is 0.0810. The molecule has 0 saturated heterocycles. The van der Waals surface area contributed by atoms with E-state index in [1.165, 1.54) is 6.07 Å². The van der Waals surface area contributed by atoms with E-state index in [0.29, 0.717) is 6.54 Å². The van der Waals surface area contributed by atoms with E-state index in [1.807, 2.05) is 0 Å². The maximum Gasteiger partial charge on any atom is 0.151 e. The Morgan fingerprint density at radius 3 is 2.56 bits per heavy atom. The second-order valence-corrected chi connectivity index (χ2v) is 5.07. The summed E-state index contributed by atoms with van der Waals surface area (Å²) in [5.41, 5.74) is 5.54. The average Bonchev–Trinajstić information content (AvgIpc) is 2.81. The molecule has 2 rings (SSSR count). The number of halogens is 2. The highest BCUT2D eigenvalue weighted by Gasteiger charge is 2.33. The van der Waals surface area contributed by atoms with Gasteiger partial charge in [-0.15, -0.1) is 0 Å². The molecule has 3 nitrogen and oxygen atoms in total. The Kier molecular flexibility index (Phi) is 3.71. The van der Waals surface area contributed by atoms with Gasteiger partial charge in [-0.3, -0.25) is 0 Å². The van der Waals surface area contributed by atoms with Crippen LogP contribution in [0.1, 0.15) is 25.7 Å². The van der Waals surface area contributed by atoms with Gasteiger partial charge in [0.05, 0.1) is 18.0 Å². The third kappa shape index (κ3) is 2.56. The fraction of sp³-hybridized carbons (Fsp3) is 0.538. The second kappa shape index (κ2) is 5.10. The molecule has 0 atom stereocenters. The van der Waals surface area contributed by atoms with Crippen molar-refractivity contribution < 1.29 is 13.9 Å². The molecule has 5 heteroatoms. The van der Waals surface area contributed by atoms with Gasteiger partial charge in [-0.25, -0.2) is 8.78 Å². The monoisotopic (exact) mass is 256 g/mol. The van der Waals surface area contributed by atoms with E-state index in [9.17, 15) is 13.9 Å². The molecule has 0 amide bonds. The maximum atomic E-state index is 13.3. The highest BCUT2D eigenvalue weighted by Crippen LogP contribution is 2.38. The second-order valence-electron chi connectivity index (χ2n) is 5.07. The van der Waals surface area contributed by atoms with Crippen LogP contribution in [0.5, 0.6) is 0 Å². The number of nitrogen functional groups attached to an aromatic ring is 1. The van der Waals surface area contributed by atoms with Gasteiger partial charge in [0, 0.05) is 18.0 Å². The first kappa shape index (κ1) is 13.1. The van der Waals surface area contributed by atoms with Gasteiger partial charge in [-0.1, -0.05) is 12.8 Å². The molecule has 0 aliphatic heterocycles. The predicted molar refractivity (Wildman–Crippen MR) is 67.2 cm³/mol. The van der Waals surface area contributed by atoms with Crippen LogP contribution in [0, 0.1) is 17.0 Å². The molecule has 100 valence electrons. The zero-order valence-corrected chi connectivity index (χ0v) is 10.2. The Morgan fingerprint density at radius 1 is 1.28 bits per heavy atom. The minimum Gasteiger partial charge on any atom is -0.396 e. The maximum absolute atomic E-state index is 13.3. The summed E-state index contributed by atoms with van der Waals surface area (Å²) in [5.74, 6) is -1.42. The van der Waals surface area contributed by atoms with Gasteiger partial charge in [-0.2, -0.15) is 0 Å². The van der Waals surface area contributed by atoms with Gasteiger partial charge < -0.3 is 16.2 Å². The number of aliphatic hydroxyl groups is 1. The van der Waals surface area contributed by atoms with Crippen LogP contribution in [0.4, 0.5) is 20.2 Å². The molecule has 4 N–H and O–H groups in total. The van der Waals surface area contributed by atoms with Gasteiger partial charge in [0.2, 0.25) is 0 Å². The Bertz CT molecular complexity index is 431. The summed E-state index contributed by atoms with van der Waals surface area (Å²) in [4.78, 5) is 0. The van der Waals surface area contributed by atoms with Crippen LogP contribution in [0.2, 0.25) is 0 Å². The molecule has 1 saturated carbocycles. The van der Waals surface area contributed by atoms with Crippen LogP contribution >= 0.6 is 0 Å². The topological polar surface area (TPSA) is 58.3 Å². The van der Waals surface area contributed by atoms with Crippen molar-refractivity contribution in [2.75, 3.05) is 24.2 Å². The van der Waals surface area contributed by atoms with Crippen LogP contribution in [0.15, 0.2) is 12.1 Å². The molecule has 0 spiro atoms. The standard InChI is InChI=1S/C13H18F2N2O/c14-9-5-10(15)12(16)11(6-9)17-7-13(8-18)3-1-2-4-13/h5-6,17-18H,1-4,7-8,16H2. The van der Waals surface area contributed by atoms with Crippen molar-refractivity contribution >= 4 is 11.4 Å². The first-order chi connectivity index (χ1) is 8.56.